The Bertz CT molecular complexity index is 658. The van der Waals surface area contributed by atoms with Crippen LogP contribution in [0.3, 0.4) is 0 Å². The summed E-state index contributed by atoms with van der Waals surface area (Å²) in [6, 6.07) is 9.34. The van der Waals surface area contributed by atoms with Crippen molar-refractivity contribution < 1.29 is 9.13 Å². The molecule has 2 rings (SSSR count). The summed E-state index contributed by atoms with van der Waals surface area (Å²) in [6.07, 6.45) is 0.766. The maximum absolute atomic E-state index is 13.9. The zero-order valence-electron chi connectivity index (χ0n) is 10.9. The third kappa shape index (κ3) is 3.08. The zero-order chi connectivity index (χ0) is 14.7. The maximum atomic E-state index is 13.9. The van der Waals surface area contributed by atoms with Crippen molar-refractivity contribution >= 4 is 17.4 Å². The van der Waals surface area contributed by atoms with E-state index in [9.17, 15) is 4.39 Å². The average Bonchev–Trinajstić information content (AvgIpc) is 2.42. The highest BCUT2D eigenvalue weighted by Crippen LogP contribution is 2.28. The Balaban J connectivity index is 2.28. The molecule has 0 unspecified atom stereocenters. The lowest BCUT2D eigenvalue weighted by atomic mass is 10.1. The Hall–Kier alpha value is -2.07. The van der Waals surface area contributed by atoms with Crippen molar-refractivity contribution in [2.24, 2.45) is 5.73 Å². The molecule has 0 heterocycles. The fraction of sp³-hybridized carbons (Fsp3) is 0.133. The number of rotatable bonds is 4. The number of nitrogens with two attached hydrogens (primary N) is 1. The van der Waals surface area contributed by atoms with Gasteiger partial charge in [-0.15, -0.1) is 0 Å². The molecule has 104 valence electrons. The van der Waals surface area contributed by atoms with Crippen LogP contribution in [-0.2, 0) is 6.42 Å². The van der Waals surface area contributed by atoms with E-state index in [1.807, 2.05) is 6.92 Å². The van der Waals surface area contributed by atoms with Crippen LogP contribution >= 0.6 is 11.6 Å². The molecule has 3 nitrogen and oxygen atoms in total. The van der Waals surface area contributed by atoms with Crippen LogP contribution in [0, 0.1) is 11.2 Å². The Labute approximate surface area is 121 Å². The monoisotopic (exact) mass is 292 g/mol. The fourth-order valence-corrected chi connectivity index (χ4v) is 2.01. The van der Waals surface area contributed by atoms with Crippen LogP contribution in [0.2, 0.25) is 5.02 Å². The molecule has 0 aliphatic carbocycles. The molecule has 0 aliphatic rings. The maximum Gasteiger partial charge on any atom is 0.166 e. The first-order valence-corrected chi connectivity index (χ1v) is 6.49. The summed E-state index contributed by atoms with van der Waals surface area (Å²) in [4.78, 5) is 0. The van der Waals surface area contributed by atoms with Crippen molar-refractivity contribution in [3.05, 3.63) is 58.4 Å². The number of ether oxygens (including phenoxy) is 1. The summed E-state index contributed by atoms with van der Waals surface area (Å²) in [5.74, 6) is -0.152. The van der Waals surface area contributed by atoms with Crippen molar-refractivity contribution in [3.8, 4) is 11.5 Å². The summed E-state index contributed by atoms with van der Waals surface area (Å²) < 4.78 is 19.4. The summed E-state index contributed by atoms with van der Waals surface area (Å²) in [5.41, 5.74) is 6.56. The van der Waals surface area contributed by atoms with Gasteiger partial charge in [-0.3, -0.25) is 5.41 Å². The van der Waals surface area contributed by atoms with E-state index in [-0.39, 0.29) is 11.6 Å². The van der Waals surface area contributed by atoms with Crippen LogP contribution in [0.25, 0.3) is 0 Å². The van der Waals surface area contributed by atoms with Gasteiger partial charge in [0.25, 0.3) is 0 Å². The number of amidine groups is 1. The molecule has 0 spiro atoms. The molecular weight excluding hydrogens is 279 g/mol. The van der Waals surface area contributed by atoms with Crippen LogP contribution in [-0.4, -0.2) is 5.84 Å². The van der Waals surface area contributed by atoms with Crippen LogP contribution in [0.4, 0.5) is 4.39 Å². The number of hydrogen-bond acceptors (Lipinski definition) is 2. The van der Waals surface area contributed by atoms with Gasteiger partial charge in [0.2, 0.25) is 0 Å². The first-order valence-electron chi connectivity index (χ1n) is 6.11. The van der Waals surface area contributed by atoms with E-state index in [1.54, 1.807) is 18.2 Å². The van der Waals surface area contributed by atoms with E-state index in [0.29, 0.717) is 16.3 Å². The van der Waals surface area contributed by atoms with E-state index in [2.05, 4.69) is 0 Å². The molecule has 2 aromatic rings. The zero-order valence-corrected chi connectivity index (χ0v) is 11.7. The van der Waals surface area contributed by atoms with Gasteiger partial charge in [-0.2, -0.15) is 0 Å². The minimum Gasteiger partial charge on any atom is -0.454 e. The number of halogens is 2. The van der Waals surface area contributed by atoms with Crippen LogP contribution in [0.1, 0.15) is 18.1 Å². The van der Waals surface area contributed by atoms with E-state index in [1.165, 1.54) is 18.2 Å². The second kappa shape index (κ2) is 5.92. The molecule has 0 radical (unpaired) electrons. The predicted molar refractivity (Wildman–Crippen MR) is 78.3 cm³/mol. The molecule has 0 atom stereocenters. The largest absolute Gasteiger partial charge is 0.454 e. The van der Waals surface area contributed by atoms with Crippen molar-refractivity contribution in [1.29, 1.82) is 5.41 Å². The van der Waals surface area contributed by atoms with E-state index in [0.717, 1.165) is 12.0 Å². The number of nitrogen functional groups attached to an aromatic ring is 1. The topological polar surface area (TPSA) is 59.1 Å². The molecule has 0 aromatic heterocycles. The van der Waals surface area contributed by atoms with Crippen molar-refractivity contribution in [3.63, 3.8) is 0 Å². The van der Waals surface area contributed by atoms with Gasteiger partial charge in [0.1, 0.15) is 11.6 Å². The molecule has 5 heteroatoms. The van der Waals surface area contributed by atoms with Crippen molar-refractivity contribution in [2.45, 2.75) is 13.3 Å². The fourth-order valence-electron chi connectivity index (χ4n) is 1.76. The first kappa shape index (κ1) is 14.3. The highest BCUT2D eigenvalue weighted by Gasteiger charge is 2.08. The number of aryl methyl sites for hydroxylation is 1. The third-order valence-electron chi connectivity index (χ3n) is 2.87. The highest BCUT2D eigenvalue weighted by atomic mass is 35.5. The van der Waals surface area contributed by atoms with Gasteiger partial charge in [0.15, 0.2) is 11.6 Å². The molecule has 0 saturated carbocycles. The van der Waals surface area contributed by atoms with Gasteiger partial charge in [0, 0.05) is 10.6 Å². The SMILES string of the molecule is CCc1cc(Oc2ccc(C(=N)N)cc2F)ccc1Cl. The summed E-state index contributed by atoms with van der Waals surface area (Å²) in [7, 11) is 0. The quantitative estimate of drug-likeness (QED) is 0.658. The average molecular weight is 293 g/mol. The lowest BCUT2D eigenvalue weighted by Crippen LogP contribution is -2.11. The normalized spacial score (nSPS) is 10.3. The molecule has 0 amide bonds. The lowest BCUT2D eigenvalue weighted by molar-refractivity contribution is 0.442. The molecular formula is C15H14ClFN2O. The smallest absolute Gasteiger partial charge is 0.166 e. The van der Waals surface area contributed by atoms with E-state index in [4.69, 9.17) is 27.5 Å². The molecule has 0 fully saturated rings. The van der Waals surface area contributed by atoms with Crippen LogP contribution < -0.4 is 10.5 Å². The van der Waals surface area contributed by atoms with Crippen LogP contribution in [0.15, 0.2) is 36.4 Å². The van der Waals surface area contributed by atoms with Gasteiger partial charge in [-0.25, -0.2) is 4.39 Å². The standard InChI is InChI=1S/C15H14ClFN2O/c1-2-9-7-11(4-5-12(9)16)20-14-6-3-10(15(18)19)8-13(14)17/h3-8H,2H2,1H3,(H3,18,19). The van der Waals surface area contributed by atoms with Gasteiger partial charge < -0.3 is 10.5 Å². The minimum atomic E-state index is -0.564. The number of hydrogen-bond donors (Lipinski definition) is 2. The van der Waals surface area contributed by atoms with E-state index >= 15 is 0 Å². The first-order chi connectivity index (χ1) is 9.51. The minimum absolute atomic E-state index is 0.0828. The highest BCUT2D eigenvalue weighted by molar-refractivity contribution is 6.31. The predicted octanol–water partition coefficient (Wildman–Crippen LogP) is 4.12. The second-order valence-corrected chi connectivity index (χ2v) is 4.67. The van der Waals surface area contributed by atoms with Crippen LogP contribution in [0.5, 0.6) is 11.5 Å². The van der Waals surface area contributed by atoms with Gasteiger partial charge in [-0.1, -0.05) is 18.5 Å². The molecule has 0 saturated heterocycles. The van der Waals surface area contributed by atoms with Gasteiger partial charge >= 0.3 is 0 Å². The number of benzene rings is 2. The Morgan fingerprint density at radius 2 is 2.05 bits per heavy atom. The Morgan fingerprint density at radius 1 is 1.30 bits per heavy atom. The second-order valence-electron chi connectivity index (χ2n) is 4.27. The molecule has 20 heavy (non-hydrogen) atoms. The molecule has 2 aromatic carbocycles. The number of nitrogens with one attached hydrogen (secondary N) is 1. The molecule has 0 bridgehead atoms. The molecule has 3 N–H and O–H groups in total. The Morgan fingerprint density at radius 3 is 2.65 bits per heavy atom. The Kier molecular flexibility index (Phi) is 4.25. The summed E-state index contributed by atoms with van der Waals surface area (Å²) in [6.45, 7) is 1.98. The van der Waals surface area contributed by atoms with E-state index < -0.39 is 5.82 Å². The lowest BCUT2D eigenvalue weighted by Gasteiger charge is -2.10. The summed E-state index contributed by atoms with van der Waals surface area (Å²) >= 11 is 6.02. The van der Waals surface area contributed by atoms with Gasteiger partial charge in [0.05, 0.1) is 0 Å². The van der Waals surface area contributed by atoms with Crippen molar-refractivity contribution in [1.82, 2.24) is 0 Å². The third-order valence-corrected chi connectivity index (χ3v) is 3.24. The molecule has 0 aliphatic heterocycles. The van der Waals surface area contributed by atoms with Crippen molar-refractivity contribution in [2.75, 3.05) is 0 Å². The summed E-state index contributed by atoms with van der Waals surface area (Å²) in [5, 5.41) is 7.92. The van der Waals surface area contributed by atoms with Gasteiger partial charge in [-0.05, 0) is 48.4 Å².